The van der Waals surface area contributed by atoms with Gasteiger partial charge in [-0.05, 0) is 66.4 Å². The van der Waals surface area contributed by atoms with Crippen LogP contribution in [0.2, 0.25) is 0 Å². The molecule has 2 amide bonds. The topological polar surface area (TPSA) is 76.7 Å². The molecule has 2 N–H and O–H groups in total. The molecule has 166 valence electrons. The van der Waals surface area contributed by atoms with E-state index in [0.717, 1.165) is 11.1 Å². The van der Waals surface area contributed by atoms with Crippen LogP contribution in [0.25, 0.3) is 0 Å². The van der Waals surface area contributed by atoms with Gasteiger partial charge in [-0.2, -0.15) is 0 Å². The second-order valence-electron chi connectivity index (χ2n) is 7.75. The number of anilines is 2. The van der Waals surface area contributed by atoms with E-state index >= 15 is 0 Å². The maximum Gasteiger partial charge on any atom is 0.262 e. The number of ether oxygens (including phenoxy) is 2. The molecule has 0 heterocycles. The summed E-state index contributed by atoms with van der Waals surface area (Å²) in [6.07, 6.45) is 0. The van der Waals surface area contributed by atoms with Crippen LogP contribution >= 0.6 is 0 Å². The van der Waals surface area contributed by atoms with Gasteiger partial charge in [0.15, 0.2) is 6.61 Å². The summed E-state index contributed by atoms with van der Waals surface area (Å²) in [5.41, 5.74) is 3.78. The van der Waals surface area contributed by atoms with Crippen LogP contribution in [0.3, 0.4) is 0 Å². The number of amides is 2. The first kappa shape index (κ1) is 22.9. The zero-order valence-electron chi connectivity index (χ0n) is 18.8. The number of carbonyl (C=O) groups excluding carboxylic acids is 2. The lowest BCUT2D eigenvalue weighted by atomic mass is 10.0. The number of nitrogens with one attached hydrogen (secondary N) is 2. The Morgan fingerprint density at radius 3 is 2.31 bits per heavy atom. The average molecular weight is 433 g/mol. The van der Waals surface area contributed by atoms with Crippen LogP contribution in [-0.2, 0) is 4.79 Å². The van der Waals surface area contributed by atoms with Crippen LogP contribution < -0.4 is 20.1 Å². The van der Waals surface area contributed by atoms with E-state index in [2.05, 4.69) is 30.5 Å². The number of carbonyl (C=O) groups is 2. The van der Waals surface area contributed by atoms with Crippen LogP contribution in [0.1, 0.15) is 41.3 Å². The molecule has 3 rings (SSSR count). The minimum atomic E-state index is -0.273. The largest absolute Gasteiger partial charge is 0.495 e. The molecular weight excluding hydrogens is 404 g/mol. The molecule has 0 fully saturated rings. The van der Waals surface area contributed by atoms with Crippen molar-refractivity contribution >= 4 is 23.2 Å². The monoisotopic (exact) mass is 432 g/mol. The predicted octanol–water partition coefficient (Wildman–Crippen LogP) is 5.40. The molecule has 0 saturated heterocycles. The van der Waals surface area contributed by atoms with Gasteiger partial charge >= 0.3 is 0 Å². The molecule has 0 bridgehead atoms. The van der Waals surface area contributed by atoms with Crippen LogP contribution in [0.4, 0.5) is 11.4 Å². The second-order valence-corrected chi connectivity index (χ2v) is 7.75. The Labute approximate surface area is 188 Å². The molecule has 0 radical (unpaired) electrons. The molecule has 0 aliphatic heterocycles. The first-order chi connectivity index (χ1) is 15.4. The summed E-state index contributed by atoms with van der Waals surface area (Å²) < 4.78 is 11.0. The van der Waals surface area contributed by atoms with E-state index in [0.29, 0.717) is 34.4 Å². The number of methoxy groups -OCH3 is 1. The van der Waals surface area contributed by atoms with E-state index in [1.54, 1.807) is 43.5 Å². The highest BCUT2D eigenvalue weighted by Gasteiger charge is 2.11. The van der Waals surface area contributed by atoms with Gasteiger partial charge in [0, 0.05) is 11.3 Å². The molecule has 0 aliphatic rings. The zero-order chi connectivity index (χ0) is 23.1. The smallest absolute Gasteiger partial charge is 0.262 e. The number of rotatable bonds is 8. The quantitative estimate of drug-likeness (QED) is 0.500. The Balaban J connectivity index is 1.57. The number of benzene rings is 3. The molecule has 0 saturated carbocycles. The Morgan fingerprint density at radius 2 is 1.62 bits per heavy atom. The number of para-hydroxylation sites is 2. The molecule has 0 spiro atoms. The van der Waals surface area contributed by atoms with Gasteiger partial charge in [0.05, 0.1) is 12.8 Å². The number of hydrogen-bond acceptors (Lipinski definition) is 4. The van der Waals surface area contributed by atoms with Crippen molar-refractivity contribution in [2.45, 2.75) is 26.7 Å². The van der Waals surface area contributed by atoms with E-state index in [1.807, 2.05) is 31.2 Å². The van der Waals surface area contributed by atoms with Gasteiger partial charge < -0.3 is 20.1 Å². The molecule has 32 heavy (non-hydrogen) atoms. The van der Waals surface area contributed by atoms with E-state index in [-0.39, 0.29) is 18.4 Å². The van der Waals surface area contributed by atoms with E-state index < -0.39 is 0 Å². The first-order valence-electron chi connectivity index (χ1n) is 10.4. The van der Waals surface area contributed by atoms with E-state index in [1.165, 1.54) is 0 Å². The Hall–Kier alpha value is -3.80. The van der Waals surface area contributed by atoms with Gasteiger partial charge in [0.25, 0.3) is 11.8 Å². The molecular formula is C26H28N2O4. The third kappa shape index (κ3) is 5.88. The summed E-state index contributed by atoms with van der Waals surface area (Å²) in [5.74, 6) is 1.13. The van der Waals surface area contributed by atoms with Crippen molar-refractivity contribution in [2.24, 2.45) is 0 Å². The molecule has 3 aromatic rings. The SMILES string of the molecule is COc1ccccc1NC(=O)c1ccc(NC(=O)COc2cc(C(C)C)ccc2C)cc1. The highest BCUT2D eigenvalue weighted by molar-refractivity contribution is 6.05. The van der Waals surface area contributed by atoms with Crippen molar-refractivity contribution in [1.29, 1.82) is 0 Å². The average Bonchev–Trinajstić information content (AvgIpc) is 2.79. The lowest BCUT2D eigenvalue weighted by Crippen LogP contribution is -2.20. The van der Waals surface area contributed by atoms with Crippen LogP contribution in [0.15, 0.2) is 66.7 Å². The van der Waals surface area contributed by atoms with Crippen molar-refractivity contribution < 1.29 is 19.1 Å². The van der Waals surface area contributed by atoms with Gasteiger partial charge in [-0.25, -0.2) is 0 Å². The van der Waals surface area contributed by atoms with Crippen LogP contribution in [0.5, 0.6) is 11.5 Å². The molecule has 0 atom stereocenters. The Bertz CT molecular complexity index is 1090. The highest BCUT2D eigenvalue weighted by Crippen LogP contribution is 2.25. The van der Waals surface area contributed by atoms with Crippen LogP contribution in [-0.4, -0.2) is 25.5 Å². The van der Waals surface area contributed by atoms with E-state index in [9.17, 15) is 9.59 Å². The van der Waals surface area contributed by atoms with Gasteiger partial charge in [-0.15, -0.1) is 0 Å². The molecule has 0 aliphatic carbocycles. The summed E-state index contributed by atoms with van der Waals surface area (Å²) >= 11 is 0. The summed E-state index contributed by atoms with van der Waals surface area (Å²) in [7, 11) is 1.55. The van der Waals surface area contributed by atoms with Crippen molar-refractivity contribution in [3.05, 3.63) is 83.4 Å². The third-order valence-corrected chi connectivity index (χ3v) is 5.02. The van der Waals surface area contributed by atoms with Gasteiger partial charge in [0.2, 0.25) is 0 Å². The minimum Gasteiger partial charge on any atom is -0.495 e. The van der Waals surface area contributed by atoms with Gasteiger partial charge in [0.1, 0.15) is 11.5 Å². The zero-order valence-corrected chi connectivity index (χ0v) is 18.8. The lowest BCUT2D eigenvalue weighted by Gasteiger charge is -2.13. The van der Waals surface area contributed by atoms with Gasteiger partial charge in [-0.1, -0.05) is 38.1 Å². The number of hydrogen-bond donors (Lipinski definition) is 2. The minimum absolute atomic E-state index is 0.0988. The number of aryl methyl sites for hydroxylation is 1. The second kappa shape index (κ2) is 10.5. The first-order valence-corrected chi connectivity index (χ1v) is 10.4. The molecule has 6 heteroatoms. The molecule has 0 unspecified atom stereocenters. The molecule has 0 aromatic heterocycles. The maximum absolute atomic E-state index is 12.5. The fourth-order valence-electron chi connectivity index (χ4n) is 3.12. The fraction of sp³-hybridized carbons (Fsp3) is 0.231. The van der Waals surface area contributed by atoms with Crippen LogP contribution in [0, 0.1) is 6.92 Å². The van der Waals surface area contributed by atoms with Gasteiger partial charge in [-0.3, -0.25) is 9.59 Å². The Kier molecular flexibility index (Phi) is 7.49. The summed E-state index contributed by atoms with van der Waals surface area (Å²) in [6.45, 7) is 6.08. The maximum atomic E-state index is 12.5. The standard InChI is InChI=1S/C26H28N2O4/c1-17(2)20-10-9-18(3)24(15-20)32-16-25(29)27-21-13-11-19(12-14-21)26(30)28-22-7-5-6-8-23(22)31-4/h5-15,17H,16H2,1-4H3,(H,27,29)(H,28,30). The van der Waals surface area contributed by atoms with Crippen molar-refractivity contribution in [3.63, 3.8) is 0 Å². The highest BCUT2D eigenvalue weighted by atomic mass is 16.5. The van der Waals surface area contributed by atoms with Crippen molar-refractivity contribution in [2.75, 3.05) is 24.4 Å². The summed E-state index contributed by atoms with van der Waals surface area (Å²) in [6, 6.07) is 19.9. The molecule has 6 nitrogen and oxygen atoms in total. The fourth-order valence-corrected chi connectivity index (χ4v) is 3.12. The normalized spacial score (nSPS) is 10.5. The lowest BCUT2D eigenvalue weighted by molar-refractivity contribution is -0.118. The summed E-state index contributed by atoms with van der Waals surface area (Å²) in [4.78, 5) is 24.8. The molecule has 3 aromatic carbocycles. The third-order valence-electron chi connectivity index (χ3n) is 5.02. The van der Waals surface area contributed by atoms with E-state index in [4.69, 9.17) is 9.47 Å². The summed E-state index contributed by atoms with van der Waals surface area (Å²) in [5, 5.41) is 5.61. The van der Waals surface area contributed by atoms with Crippen molar-refractivity contribution in [3.8, 4) is 11.5 Å². The van der Waals surface area contributed by atoms with Crippen molar-refractivity contribution in [1.82, 2.24) is 0 Å². The Morgan fingerprint density at radius 1 is 0.906 bits per heavy atom. The predicted molar refractivity (Wildman–Crippen MR) is 127 cm³/mol.